The van der Waals surface area contributed by atoms with E-state index in [2.05, 4.69) is 60.7 Å². The monoisotopic (exact) mass is 459 g/mol. The summed E-state index contributed by atoms with van der Waals surface area (Å²) in [5, 5.41) is 0. The van der Waals surface area contributed by atoms with Crippen LogP contribution < -0.4 is 9.33 Å². The first kappa shape index (κ1) is 18.8. The van der Waals surface area contributed by atoms with Gasteiger partial charge in [-0.05, 0) is 0 Å². The quantitative estimate of drug-likeness (QED) is 0.254. The van der Waals surface area contributed by atoms with E-state index in [-0.39, 0.29) is 0 Å². The summed E-state index contributed by atoms with van der Waals surface area (Å²) in [4.78, 5) is 8.92. The van der Waals surface area contributed by atoms with Crippen LogP contribution in [0.3, 0.4) is 0 Å². The van der Waals surface area contributed by atoms with Gasteiger partial charge < -0.3 is 0 Å². The molecular formula is C17H22N3PSe2+. The van der Waals surface area contributed by atoms with E-state index in [9.17, 15) is 0 Å². The van der Waals surface area contributed by atoms with Crippen LogP contribution in [0.25, 0.3) is 0 Å². The van der Waals surface area contributed by atoms with Crippen molar-refractivity contribution in [1.82, 2.24) is 14.3 Å². The molecule has 0 fully saturated rings. The van der Waals surface area contributed by atoms with Crippen LogP contribution in [0.1, 0.15) is 12.1 Å². The number of rotatable bonds is 10. The Balaban J connectivity index is 1.92. The number of aryl methyl sites for hydroxylation is 1. The molecule has 0 spiro atoms. The molecule has 1 aliphatic rings. The van der Waals surface area contributed by atoms with Crippen LogP contribution in [0.4, 0.5) is 0 Å². The van der Waals surface area contributed by atoms with Gasteiger partial charge >= 0.3 is 154 Å². The summed E-state index contributed by atoms with van der Waals surface area (Å²) < 4.78 is 2.44. The number of nitrogens with one attached hydrogen (secondary N) is 1. The van der Waals surface area contributed by atoms with Crippen LogP contribution in [-0.4, -0.2) is 60.4 Å². The molecule has 23 heavy (non-hydrogen) atoms. The average molecular weight is 457 g/mol. The molecule has 3 nitrogen and oxygen atoms in total. The number of pyridine rings is 1. The predicted molar refractivity (Wildman–Crippen MR) is 104 cm³/mol. The summed E-state index contributed by atoms with van der Waals surface area (Å²) in [6, 6.07) is 6.16. The molecule has 6 heteroatoms. The maximum absolute atomic E-state index is 4.46. The zero-order chi connectivity index (χ0) is 16.4. The van der Waals surface area contributed by atoms with E-state index in [1.165, 1.54) is 23.7 Å². The molecule has 1 aliphatic heterocycles. The van der Waals surface area contributed by atoms with Crippen molar-refractivity contribution in [3.63, 3.8) is 0 Å². The SMILES string of the molecule is C=CCN[Se][P+]([Se-])(CCC1=CC=CC=[N+]1)CCc1ccccn1. The van der Waals surface area contributed by atoms with Crippen molar-refractivity contribution in [1.29, 1.82) is 0 Å². The normalized spacial score (nSPS) is 16.0. The third kappa shape index (κ3) is 7.26. The third-order valence-corrected chi connectivity index (χ3v) is 15.9. The van der Waals surface area contributed by atoms with Gasteiger partial charge in [-0.3, -0.25) is 0 Å². The topological polar surface area (TPSA) is 39.0 Å². The van der Waals surface area contributed by atoms with E-state index in [1.807, 2.05) is 30.6 Å². The van der Waals surface area contributed by atoms with Crippen molar-refractivity contribution >= 4 is 41.2 Å². The van der Waals surface area contributed by atoms with Crippen molar-refractivity contribution < 1.29 is 0 Å². The molecule has 0 aliphatic carbocycles. The van der Waals surface area contributed by atoms with E-state index >= 15 is 0 Å². The summed E-state index contributed by atoms with van der Waals surface area (Å²) in [6.07, 6.45) is 16.3. The van der Waals surface area contributed by atoms with Gasteiger partial charge in [0, 0.05) is 0 Å². The van der Waals surface area contributed by atoms with Crippen LogP contribution in [-0.2, 0) is 6.42 Å². The number of allylic oxidation sites excluding steroid dienone is 4. The van der Waals surface area contributed by atoms with Crippen LogP contribution >= 0.6 is 4.64 Å². The van der Waals surface area contributed by atoms with Crippen molar-refractivity contribution in [2.24, 2.45) is 0 Å². The maximum atomic E-state index is 4.46. The fourth-order valence-electron chi connectivity index (χ4n) is 2.08. The second kappa shape index (κ2) is 10.4. The molecule has 121 valence electrons. The number of hydrogen-bond donors (Lipinski definition) is 1. The molecule has 1 atom stereocenters. The molecule has 0 bridgehead atoms. The average Bonchev–Trinajstić information content (AvgIpc) is 2.61. The van der Waals surface area contributed by atoms with E-state index in [1.54, 1.807) is 0 Å². The molecule has 2 heterocycles. The first-order valence-corrected chi connectivity index (χ1v) is 15.1. The van der Waals surface area contributed by atoms with Gasteiger partial charge in [-0.1, -0.05) is 0 Å². The molecule has 1 N–H and O–H groups in total. The first-order valence-electron chi connectivity index (χ1n) is 7.62. The minimum absolute atomic E-state index is 0.421. The predicted octanol–water partition coefficient (Wildman–Crippen LogP) is 2.29. The van der Waals surface area contributed by atoms with Gasteiger partial charge in [-0.25, -0.2) is 0 Å². The number of aliphatic imine (C=N–C) groups is 1. The van der Waals surface area contributed by atoms with Gasteiger partial charge in [0.15, 0.2) is 0 Å². The van der Waals surface area contributed by atoms with Gasteiger partial charge in [0.1, 0.15) is 0 Å². The van der Waals surface area contributed by atoms with Gasteiger partial charge in [-0.2, -0.15) is 0 Å². The van der Waals surface area contributed by atoms with Crippen LogP contribution in [0.2, 0.25) is 0 Å². The van der Waals surface area contributed by atoms with Crippen molar-refractivity contribution in [3.8, 4) is 0 Å². The van der Waals surface area contributed by atoms with Crippen molar-refractivity contribution in [2.45, 2.75) is 12.8 Å². The van der Waals surface area contributed by atoms with E-state index in [4.69, 9.17) is 0 Å². The minimum atomic E-state index is -1.13. The number of nitrogens with zero attached hydrogens (tertiary/aromatic N) is 2. The van der Waals surface area contributed by atoms with E-state index in [0.29, 0.717) is 14.7 Å². The molecule has 0 aromatic carbocycles. The second-order valence-corrected chi connectivity index (χ2v) is 21.9. The number of hydrogen-bond acceptors (Lipinski definition) is 3. The Morgan fingerprint density at radius 1 is 1.30 bits per heavy atom. The zero-order valence-corrected chi connectivity index (χ0v) is 17.4. The summed E-state index contributed by atoms with van der Waals surface area (Å²) in [7, 11) is 0. The van der Waals surface area contributed by atoms with Crippen molar-refractivity contribution in [3.05, 3.63) is 66.7 Å². The molecule has 2 rings (SSSR count). The molecule has 1 unspecified atom stereocenters. The third-order valence-electron chi connectivity index (χ3n) is 3.33. The van der Waals surface area contributed by atoms with Gasteiger partial charge in [-0.15, -0.1) is 0 Å². The summed E-state index contributed by atoms with van der Waals surface area (Å²) >= 11 is 4.00. The Labute approximate surface area is 153 Å². The second-order valence-electron chi connectivity index (χ2n) is 5.13. The van der Waals surface area contributed by atoms with Crippen LogP contribution in [0, 0.1) is 0 Å². The Morgan fingerprint density at radius 3 is 2.87 bits per heavy atom. The number of aromatic nitrogens is 1. The van der Waals surface area contributed by atoms with E-state index < -0.39 is 4.64 Å². The van der Waals surface area contributed by atoms with Crippen molar-refractivity contribution in [2.75, 3.05) is 18.9 Å². The Bertz CT molecular complexity index is 587. The fraction of sp³-hybridized carbons (Fsp3) is 0.294. The standard InChI is InChI=1S/C17H22N3PSe2/c1-2-11-20-23-21(22,14-9-16-7-3-5-12-18-16)15-10-17-8-4-6-13-19-17/h2-8,12-13,20H,1,9-11,14-15H2/q+1. The summed E-state index contributed by atoms with van der Waals surface area (Å²) in [6.45, 7) is 4.68. The zero-order valence-electron chi connectivity index (χ0n) is 13.1. The molecular weight excluding hydrogens is 435 g/mol. The van der Waals surface area contributed by atoms with E-state index in [0.717, 1.165) is 19.4 Å². The summed E-state index contributed by atoms with van der Waals surface area (Å²) in [5.41, 5.74) is 2.37. The fourth-order valence-corrected chi connectivity index (χ4v) is 11.3. The van der Waals surface area contributed by atoms with Gasteiger partial charge in [0.05, 0.1) is 0 Å². The molecule has 0 amide bonds. The van der Waals surface area contributed by atoms with Gasteiger partial charge in [0.2, 0.25) is 0 Å². The van der Waals surface area contributed by atoms with Gasteiger partial charge in [0.25, 0.3) is 0 Å². The summed E-state index contributed by atoms with van der Waals surface area (Å²) in [5.74, 6) is 0. The molecule has 1 radical (unpaired) electrons. The van der Waals surface area contributed by atoms with Crippen LogP contribution in [0.15, 0.2) is 61.0 Å². The molecule has 0 saturated carbocycles. The Morgan fingerprint density at radius 2 is 2.17 bits per heavy atom. The Hall–Kier alpha value is -0.531. The Kier molecular flexibility index (Phi) is 8.47. The first-order chi connectivity index (χ1) is 11.2. The molecule has 0 saturated heterocycles. The molecule has 1 aromatic rings. The van der Waals surface area contributed by atoms with Crippen LogP contribution in [0.5, 0.6) is 0 Å². The molecule has 1 aromatic heterocycles.